The predicted molar refractivity (Wildman–Crippen MR) is 104 cm³/mol. The second-order valence-electron chi connectivity index (χ2n) is 7.48. The Labute approximate surface area is 164 Å². The molecular formula is C21H21N3O3S. The van der Waals surface area contributed by atoms with Crippen LogP contribution in [0.1, 0.15) is 35.8 Å². The van der Waals surface area contributed by atoms with E-state index in [1.165, 1.54) is 21.9 Å². The molecular weight excluding hydrogens is 374 g/mol. The summed E-state index contributed by atoms with van der Waals surface area (Å²) < 4.78 is 32.8. The van der Waals surface area contributed by atoms with Gasteiger partial charge in [0.1, 0.15) is 0 Å². The normalized spacial score (nSPS) is 17.9. The molecule has 2 aromatic carbocycles. The highest BCUT2D eigenvalue weighted by atomic mass is 32.2. The van der Waals surface area contributed by atoms with Gasteiger partial charge in [0, 0.05) is 18.7 Å². The van der Waals surface area contributed by atoms with Gasteiger partial charge >= 0.3 is 0 Å². The molecule has 0 saturated carbocycles. The minimum absolute atomic E-state index is 0.0580. The Bertz CT molecular complexity index is 1100. The van der Waals surface area contributed by atoms with Crippen LogP contribution in [0.2, 0.25) is 0 Å². The summed E-state index contributed by atoms with van der Waals surface area (Å²) in [4.78, 5) is 4.84. The number of sulfonamides is 1. The van der Waals surface area contributed by atoms with Gasteiger partial charge in [0.15, 0.2) is 0 Å². The summed E-state index contributed by atoms with van der Waals surface area (Å²) in [6, 6.07) is 15.2. The van der Waals surface area contributed by atoms with Crippen LogP contribution in [0.4, 0.5) is 0 Å². The van der Waals surface area contributed by atoms with Gasteiger partial charge in [-0.15, -0.1) is 0 Å². The van der Waals surface area contributed by atoms with Crippen LogP contribution in [0.5, 0.6) is 0 Å². The number of benzene rings is 2. The molecule has 144 valence electrons. The third-order valence-corrected chi connectivity index (χ3v) is 7.46. The van der Waals surface area contributed by atoms with E-state index in [9.17, 15) is 8.42 Å². The lowest BCUT2D eigenvalue weighted by Gasteiger charge is -2.36. The van der Waals surface area contributed by atoms with Crippen LogP contribution < -0.4 is 0 Å². The molecule has 1 saturated heterocycles. The summed E-state index contributed by atoms with van der Waals surface area (Å²) >= 11 is 0. The monoisotopic (exact) mass is 395 g/mol. The van der Waals surface area contributed by atoms with Gasteiger partial charge < -0.3 is 4.52 Å². The average Bonchev–Trinajstić information content (AvgIpc) is 3.16. The molecule has 0 unspecified atom stereocenters. The topological polar surface area (TPSA) is 76.3 Å². The molecule has 3 aromatic rings. The minimum Gasteiger partial charge on any atom is -0.339 e. The Hall–Kier alpha value is -2.51. The molecule has 2 aliphatic rings. The number of fused-ring (bicyclic) bond motifs is 1. The Kier molecular flexibility index (Phi) is 4.29. The zero-order valence-electron chi connectivity index (χ0n) is 15.4. The lowest BCUT2D eigenvalue weighted by atomic mass is 9.92. The molecule has 1 aliphatic carbocycles. The fourth-order valence-corrected chi connectivity index (χ4v) is 5.50. The van der Waals surface area contributed by atoms with Gasteiger partial charge in [0.05, 0.1) is 10.8 Å². The number of rotatable bonds is 4. The van der Waals surface area contributed by atoms with Crippen molar-refractivity contribution in [3.8, 4) is 11.4 Å². The molecule has 1 aliphatic heterocycles. The van der Waals surface area contributed by atoms with Crippen LogP contribution >= 0.6 is 0 Å². The predicted octanol–water partition coefficient (Wildman–Crippen LogP) is 3.40. The Morgan fingerprint density at radius 3 is 2.50 bits per heavy atom. The number of hydrogen-bond donors (Lipinski definition) is 0. The zero-order valence-corrected chi connectivity index (χ0v) is 16.2. The van der Waals surface area contributed by atoms with Gasteiger partial charge in [-0.05, 0) is 48.9 Å². The van der Waals surface area contributed by atoms with E-state index in [4.69, 9.17) is 4.52 Å². The SMILES string of the molecule is O=S(=O)(c1ccc2c(c1)CCCC2)N1CC(c2nc(-c3ccccc3)no2)C1. The van der Waals surface area contributed by atoms with Crippen molar-refractivity contribution in [2.45, 2.75) is 36.5 Å². The third-order valence-electron chi connectivity index (χ3n) is 5.63. The molecule has 0 amide bonds. The van der Waals surface area contributed by atoms with Crippen LogP contribution in [0.15, 0.2) is 57.9 Å². The lowest BCUT2D eigenvalue weighted by molar-refractivity contribution is 0.217. The van der Waals surface area contributed by atoms with Crippen molar-refractivity contribution in [1.82, 2.24) is 14.4 Å². The maximum atomic E-state index is 13.0. The molecule has 0 atom stereocenters. The molecule has 2 heterocycles. The number of aromatic nitrogens is 2. The van der Waals surface area contributed by atoms with Crippen molar-refractivity contribution in [3.63, 3.8) is 0 Å². The van der Waals surface area contributed by atoms with Crippen molar-refractivity contribution in [2.24, 2.45) is 0 Å². The molecule has 0 N–H and O–H groups in total. The minimum atomic E-state index is -3.48. The highest BCUT2D eigenvalue weighted by molar-refractivity contribution is 7.89. The van der Waals surface area contributed by atoms with Gasteiger partial charge in [-0.3, -0.25) is 0 Å². The summed E-state index contributed by atoms with van der Waals surface area (Å²) in [5, 5.41) is 4.03. The van der Waals surface area contributed by atoms with Crippen LogP contribution in [0.3, 0.4) is 0 Å². The van der Waals surface area contributed by atoms with E-state index in [1.54, 1.807) is 6.07 Å². The van der Waals surface area contributed by atoms with Gasteiger partial charge in [-0.25, -0.2) is 8.42 Å². The molecule has 0 bridgehead atoms. The smallest absolute Gasteiger partial charge is 0.243 e. The highest BCUT2D eigenvalue weighted by Gasteiger charge is 2.40. The number of aryl methyl sites for hydroxylation is 2. The van der Waals surface area contributed by atoms with Gasteiger partial charge in [0.25, 0.3) is 0 Å². The Morgan fingerprint density at radius 1 is 0.964 bits per heavy atom. The van der Waals surface area contributed by atoms with E-state index in [2.05, 4.69) is 10.1 Å². The van der Waals surface area contributed by atoms with Crippen molar-refractivity contribution in [3.05, 3.63) is 65.5 Å². The maximum Gasteiger partial charge on any atom is 0.243 e. The third kappa shape index (κ3) is 3.04. The first-order valence-electron chi connectivity index (χ1n) is 9.62. The molecule has 28 heavy (non-hydrogen) atoms. The van der Waals surface area contributed by atoms with E-state index in [-0.39, 0.29) is 5.92 Å². The van der Waals surface area contributed by atoms with Crippen molar-refractivity contribution in [2.75, 3.05) is 13.1 Å². The second-order valence-corrected chi connectivity index (χ2v) is 9.42. The Morgan fingerprint density at radius 2 is 1.71 bits per heavy atom. The van der Waals surface area contributed by atoms with E-state index >= 15 is 0 Å². The standard InChI is InChI=1S/C21H21N3O3S/c25-28(26,19-11-10-15-6-4-5-9-17(15)12-19)24-13-18(14-24)21-22-20(23-27-21)16-7-2-1-3-8-16/h1-3,7-8,10-12,18H,4-6,9,13-14H2. The lowest BCUT2D eigenvalue weighted by Crippen LogP contribution is -2.48. The number of nitrogens with zero attached hydrogens (tertiary/aromatic N) is 3. The van der Waals surface area contributed by atoms with Gasteiger partial charge in [-0.1, -0.05) is 41.6 Å². The molecule has 5 rings (SSSR count). The van der Waals surface area contributed by atoms with Crippen molar-refractivity contribution in [1.29, 1.82) is 0 Å². The molecule has 1 aromatic heterocycles. The first-order valence-corrected chi connectivity index (χ1v) is 11.1. The van der Waals surface area contributed by atoms with E-state index in [0.29, 0.717) is 29.7 Å². The van der Waals surface area contributed by atoms with Crippen molar-refractivity contribution >= 4 is 10.0 Å². The number of hydrogen-bond acceptors (Lipinski definition) is 5. The summed E-state index contributed by atoms with van der Waals surface area (Å²) in [5.74, 6) is 0.972. The summed E-state index contributed by atoms with van der Waals surface area (Å²) in [7, 11) is -3.48. The quantitative estimate of drug-likeness (QED) is 0.677. The van der Waals surface area contributed by atoms with Crippen LogP contribution in [-0.2, 0) is 22.9 Å². The van der Waals surface area contributed by atoms with Gasteiger partial charge in [-0.2, -0.15) is 9.29 Å². The fraction of sp³-hybridized carbons (Fsp3) is 0.333. The summed E-state index contributed by atoms with van der Waals surface area (Å²) in [6.45, 7) is 0.742. The molecule has 0 spiro atoms. The highest BCUT2D eigenvalue weighted by Crippen LogP contribution is 2.33. The van der Waals surface area contributed by atoms with E-state index < -0.39 is 10.0 Å². The van der Waals surface area contributed by atoms with Crippen LogP contribution in [0.25, 0.3) is 11.4 Å². The largest absolute Gasteiger partial charge is 0.339 e. The van der Waals surface area contributed by atoms with E-state index in [0.717, 1.165) is 24.8 Å². The second kappa shape index (κ2) is 6.83. The van der Waals surface area contributed by atoms with Crippen molar-refractivity contribution < 1.29 is 12.9 Å². The average molecular weight is 395 g/mol. The molecule has 7 heteroatoms. The first-order chi connectivity index (χ1) is 13.6. The van der Waals surface area contributed by atoms with Gasteiger partial charge in [0.2, 0.25) is 21.7 Å². The maximum absolute atomic E-state index is 13.0. The summed E-state index contributed by atoms with van der Waals surface area (Å²) in [5.41, 5.74) is 3.34. The zero-order chi connectivity index (χ0) is 19.1. The van der Waals surface area contributed by atoms with Crippen LogP contribution in [0, 0.1) is 0 Å². The molecule has 1 fully saturated rings. The Balaban J connectivity index is 1.31. The van der Waals surface area contributed by atoms with E-state index in [1.807, 2.05) is 42.5 Å². The first kappa shape index (κ1) is 17.6. The summed E-state index contributed by atoms with van der Waals surface area (Å²) in [6.07, 6.45) is 4.32. The fourth-order valence-electron chi connectivity index (χ4n) is 3.92. The molecule has 6 nitrogen and oxygen atoms in total. The van der Waals surface area contributed by atoms with Crippen LogP contribution in [-0.4, -0.2) is 36.0 Å². The molecule has 0 radical (unpaired) electrons.